The van der Waals surface area contributed by atoms with E-state index in [-0.39, 0.29) is 11.5 Å². The minimum Gasteiger partial charge on any atom is -0.398 e. The van der Waals surface area contributed by atoms with Gasteiger partial charge in [0.25, 0.3) is 0 Å². The molecule has 22 heavy (non-hydrogen) atoms. The Kier molecular flexibility index (Phi) is 3.58. The van der Waals surface area contributed by atoms with Gasteiger partial charge in [0.1, 0.15) is 11.6 Å². The average molecular weight is 301 g/mol. The number of carbonyl (C=O) groups excluding carboxylic acids is 1. The third-order valence-corrected chi connectivity index (χ3v) is 3.51. The van der Waals surface area contributed by atoms with Crippen LogP contribution in [0.4, 0.5) is 14.5 Å². The molecule has 0 aromatic heterocycles. The number of hydrogen-bond acceptors (Lipinski definition) is 3. The molecule has 0 fully saturated rings. The van der Waals surface area contributed by atoms with Crippen LogP contribution in [0.3, 0.4) is 0 Å². The molecule has 112 valence electrons. The Morgan fingerprint density at radius 3 is 2.55 bits per heavy atom. The number of nitrogen functional groups attached to an aromatic ring is 1. The maximum absolute atomic E-state index is 14.4. The van der Waals surface area contributed by atoms with Crippen LogP contribution in [0.1, 0.15) is 18.4 Å². The number of amides is 1. The lowest BCUT2D eigenvalue weighted by atomic mass is 9.98. The molecule has 2 aromatic rings. The van der Waals surface area contributed by atoms with E-state index in [4.69, 9.17) is 5.73 Å². The maximum atomic E-state index is 14.4. The number of rotatable bonds is 2. The summed E-state index contributed by atoms with van der Waals surface area (Å²) in [6.45, 7) is 0. The molecule has 3 rings (SSSR count). The van der Waals surface area contributed by atoms with Gasteiger partial charge in [-0.05, 0) is 24.3 Å². The summed E-state index contributed by atoms with van der Waals surface area (Å²) in [5, 5.41) is 3.92. The van der Waals surface area contributed by atoms with Gasteiger partial charge in [-0.2, -0.15) is 5.10 Å². The molecule has 3 N–H and O–H groups in total. The zero-order chi connectivity index (χ0) is 15.7. The lowest BCUT2D eigenvalue weighted by Gasteiger charge is -2.13. The zero-order valence-electron chi connectivity index (χ0n) is 11.6. The van der Waals surface area contributed by atoms with Gasteiger partial charge in [-0.25, -0.2) is 14.2 Å². The Morgan fingerprint density at radius 1 is 1.05 bits per heavy atom. The molecular formula is C16H13F2N3O. The van der Waals surface area contributed by atoms with Gasteiger partial charge in [-0.1, -0.05) is 12.1 Å². The summed E-state index contributed by atoms with van der Waals surface area (Å²) in [4.78, 5) is 11.1. The minimum atomic E-state index is -0.519. The van der Waals surface area contributed by atoms with Crippen molar-refractivity contribution in [3.05, 3.63) is 53.6 Å². The van der Waals surface area contributed by atoms with Gasteiger partial charge in [0.2, 0.25) is 5.91 Å². The van der Waals surface area contributed by atoms with E-state index in [0.717, 1.165) is 0 Å². The average Bonchev–Trinajstić information content (AvgIpc) is 2.51. The van der Waals surface area contributed by atoms with Crippen molar-refractivity contribution < 1.29 is 13.6 Å². The fourth-order valence-corrected chi connectivity index (χ4v) is 2.36. The third kappa shape index (κ3) is 2.67. The molecule has 0 aliphatic carbocycles. The molecule has 0 atom stereocenters. The Morgan fingerprint density at radius 2 is 1.86 bits per heavy atom. The van der Waals surface area contributed by atoms with E-state index in [0.29, 0.717) is 35.4 Å². The molecule has 0 spiro atoms. The molecule has 1 heterocycles. The topological polar surface area (TPSA) is 67.5 Å². The molecule has 1 aliphatic rings. The zero-order valence-corrected chi connectivity index (χ0v) is 11.6. The van der Waals surface area contributed by atoms with E-state index in [1.165, 1.54) is 30.3 Å². The molecule has 0 saturated heterocycles. The Hall–Kier alpha value is -2.76. The van der Waals surface area contributed by atoms with Crippen LogP contribution in [-0.2, 0) is 4.79 Å². The lowest BCUT2D eigenvalue weighted by Crippen LogP contribution is -2.25. The lowest BCUT2D eigenvalue weighted by molar-refractivity contribution is -0.121. The monoisotopic (exact) mass is 301 g/mol. The highest BCUT2D eigenvalue weighted by Gasteiger charge is 2.16. The van der Waals surface area contributed by atoms with E-state index in [2.05, 4.69) is 10.5 Å². The van der Waals surface area contributed by atoms with E-state index in [1.807, 2.05) is 0 Å². The van der Waals surface area contributed by atoms with Crippen LogP contribution >= 0.6 is 0 Å². The van der Waals surface area contributed by atoms with Crippen LogP contribution in [-0.4, -0.2) is 11.6 Å². The Balaban J connectivity index is 1.99. The van der Waals surface area contributed by atoms with Crippen LogP contribution in [0, 0.1) is 11.6 Å². The second-order valence-corrected chi connectivity index (χ2v) is 5.02. The van der Waals surface area contributed by atoms with E-state index < -0.39 is 11.6 Å². The van der Waals surface area contributed by atoms with Crippen molar-refractivity contribution in [1.29, 1.82) is 0 Å². The molecule has 0 radical (unpaired) electrons. The van der Waals surface area contributed by atoms with Gasteiger partial charge in [-0.3, -0.25) is 4.79 Å². The quantitative estimate of drug-likeness (QED) is 0.838. The first-order valence-corrected chi connectivity index (χ1v) is 6.75. The van der Waals surface area contributed by atoms with Crippen molar-refractivity contribution in [2.24, 2.45) is 5.10 Å². The third-order valence-electron chi connectivity index (χ3n) is 3.51. The summed E-state index contributed by atoms with van der Waals surface area (Å²) >= 11 is 0. The van der Waals surface area contributed by atoms with E-state index in [9.17, 15) is 13.6 Å². The van der Waals surface area contributed by atoms with Crippen LogP contribution in [0.2, 0.25) is 0 Å². The number of anilines is 1. The number of nitrogens with one attached hydrogen (secondary N) is 1. The second-order valence-electron chi connectivity index (χ2n) is 5.02. The molecular weight excluding hydrogens is 288 g/mol. The predicted octanol–water partition coefficient (Wildman–Crippen LogP) is 2.83. The van der Waals surface area contributed by atoms with Crippen molar-refractivity contribution in [3.63, 3.8) is 0 Å². The van der Waals surface area contributed by atoms with E-state index >= 15 is 0 Å². The van der Waals surface area contributed by atoms with Crippen LogP contribution < -0.4 is 11.2 Å². The van der Waals surface area contributed by atoms with Gasteiger partial charge in [0, 0.05) is 35.2 Å². The van der Waals surface area contributed by atoms with Crippen LogP contribution in [0.5, 0.6) is 0 Å². The van der Waals surface area contributed by atoms with Gasteiger partial charge in [0.15, 0.2) is 0 Å². The standard InChI is InChI=1S/C16H13F2N3O/c17-10-2-4-14(19)12(8-10)11-3-1-9(7-13(11)18)15-5-6-16(22)21-20-15/h1-4,7-8H,5-6,19H2,(H,21,22). The number of benzene rings is 2. The largest absolute Gasteiger partial charge is 0.398 e. The number of nitrogens with zero attached hydrogens (tertiary/aromatic N) is 1. The highest BCUT2D eigenvalue weighted by molar-refractivity contribution is 6.04. The molecule has 0 unspecified atom stereocenters. The summed E-state index contributed by atoms with van der Waals surface area (Å²) in [6, 6.07) is 8.36. The van der Waals surface area contributed by atoms with Crippen molar-refractivity contribution >= 4 is 17.3 Å². The smallest absolute Gasteiger partial charge is 0.240 e. The van der Waals surface area contributed by atoms with Crippen LogP contribution in [0.25, 0.3) is 11.1 Å². The number of nitrogens with two attached hydrogens (primary N) is 1. The maximum Gasteiger partial charge on any atom is 0.240 e. The van der Waals surface area contributed by atoms with Gasteiger partial charge in [-0.15, -0.1) is 0 Å². The van der Waals surface area contributed by atoms with E-state index in [1.54, 1.807) is 6.07 Å². The second kappa shape index (κ2) is 5.55. The fourth-order valence-electron chi connectivity index (χ4n) is 2.36. The minimum absolute atomic E-state index is 0.159. The highest BCUT2D eigenvalue weighted by atomic mass is 19.1. The molecule has 4 nitrogen and oxygen atoms in total. The fraction of sp³-hybridized carbons (Fsp3) is 0.125. The summed E-state index contributed by atoms with van der Waals surface area (Å²) in [5.41, 5.74) is 10.2. The molecule has 6 heteroatoms. The van der Waals surface area contributed by atoms with Gasteiger partial charge >= 0.3 is 0 Å². The Bertz CT molecular complexity index is 787. The molecule has 1 amide bonds. The molecule has 0 bridgehead atoms. The summed E-state index contributed by atoms with van der Waals surface area (Å²) in [7, 11) is 0. The van der Waals surface area contributed by atoms with Gasteiger partial charge < -0.3 is 5.73 Å². The van der Waals surface area contributed by atoms with Gasteiger partial charge in [0.05, 0.1) is 5.71 Å². The summed E-state index contributed by atoms with van der Waals surface area (Å²) in [5.74, 6) is -1.16. The summed E-state index contributed by atoms with van der Waals surface area (Å²) < 4.78 is 27.7. The summed E-state index contributed by atoms with van der Waals surface area (Å²) in [6.07, 6.45) is 0.770. The number of carbonyl (C=O) groups is 1. The number of halogens is 2. The normalized spacial score (nSPS) is 14.5. The molecule has 1 aliphatic heterocycles. The number of hydrogen-bond donors (Lipinski definition) is 2. The van der Waals surface area contributed by atoms with Crippen molar-refractivity contribution in [1.82, 2.24) is 5.43 Å². The molecule has 2 aromatic carbocycles. The first-order valence-electron chi connectivity index (χ1n) is 6.75. The Labute approximate surface area is 125 Å². The van der Waals surface area contributed by atoms with Crippen molar-refractivity contribution in [2.45, 2.75) is 12.8 Å². The number of hydrazone groups is 1. The predicted molar refractivity (Wildman–Crippen MR) is 80.1 cm³/mol. The first-order chi connectivity index (χ1) is 10.5. The molecule has 0 saturated carbocycles. The van der Waals surface area contributed by atoms with Crippen molar-refractivity contribution in [3.8, 4) is 11.1 Å². The first kappa shape index (κ1) is 14.2. The van der Waals surface area contributed by atoms with Crippen molar-refractivity contribution in [2.75, 3.05) is 5.73 Å². The SMILES string of the molecule is Nc1ccc(F)cc1-c1ccc(C2=NNC(=O)CC2)cc1F. The van der Waals surface area contributed by atoms with Crippen LogP contribution in [0.15, 0.2) is 41.5 Å². The highest BCUT2D eigenvalue weighted by Crippen LogP contribution is 2.30.